The molecule has 0 saturated heterocycles. The first-order chi connectivity index (χ1) is 13.0. The second kappa shape index (κ2) is 12.4. The summed E-state index contributed by atoms with van der Waals surface area (Å²) in [6, 6.07) is 2.97. The molecule has 1 aromatic rings. The normalized spacial score (nSPS) is 13.2. The van der Waals surface area contributed by atoms with Gasteiger partial charge < -0.3 is 32.3 Å². The lowest BCUT2D eigenvalue weighted by Crippen LogP contribution is -2.48. The average molecular weight is 400 g/mol. The molecule has 8 N–H and O–H groups in total. The third-order valence-corrected chi connectivity index (χ3v) is 3.34. The van der Waals surface area contributed by atoms with Crippen molar-refractivity contribution in [3.8, 4) is 0 Å². The highest BCUT2D eigenvalue weighted by molar-refractivity contribution is 5.86. The summed E-state index contributed by atoms with van der Waals surface area (Å²) in [7, 11) is 0. The van der Waals surface area contributed by atoms with E-state index in [1.165, 1.54) is 32.0 Å². The molecule has 0 spiro atoms. The minimum absolute atomic E-state index is 0.149. The molecular weight excluding hydrogens is 375 g/mol. The maximum atomic E-state index is 12.9. The second-order valence-corrected chi connectivity index (χ2v) is 5.84. The Morgan fingerprint density at radius 2 is 1.61 bits per heavy atom. The Balaban J connectivity index is 0.000000621. The summed E-state index contributed by atoms with van der Waals surface area (Å²) in [5.74, 6) is -3.65. The van der Waals surface area contributed by atoms with E-state index in [0.29, 0.717) is 5.56 Å². The molecule has 28 heavy (non-hydrogen) atoms. The Labute approximate surface area is 161 Å². The number of hydrogen-bond acceptors (Lipinski definition) is 6. The number of nitrogens with two attached hydrogens (primary N) is 2. The molecule has 0 saturated carbocycles. The highest BCUT2D eigenvalue weighted by Gasteiger charge is 2.19. The van der Waals surface area contributed by atoms with Crippen LogP contribution in [0.2, 0.25) is 0 Å². The molecule has 0 aliphatic heterocycles. The first kappa shape index (κ1) is 24.9. The lowest BCUT2D eigenvalue weighted by molar-refractivity contribution is -0.141. The van der Waals surface area contributed by atoms with Crippen molar-refractivity contribution in [3.05, 3.63) is 35.6 Å². The van der Waals surface area contributed by atoms with Gasteiger partial charge in [0.05, 0.1) is 12.6 Å². The van der Waals surface area contributed by atoms with Crippen LogP contribution in [0.4, 0.5) is 4.39 Å². The number of amides is 2. The fraction of sp³-hybridized carbons (Fsp3) is 0.412. The van der Waals surface area contributed by atoms with Gasteiger partial charge in [-0.15, -0.1) is 0 Å². The molecule has 11 heteroatoms. The third-order valence-electron chi connectivity index (χ3n) is 3.34. The number of aliphatic carboxylic acids is 2. The summed E-state index contributed by atoms with van der Waals surface area (Å²) in [6.45, 7) is 2.53. The van der Waals surface area contributed by atoms with Crippen LogP contribution in [0.1, 0.15) is 19.4 Å². The fourth-order valence-corrected chi connectivity index (χ4v) is 1.75. The highest BCUT2D eigenvalue weighted by Crippen LogP contribution is 2.06. The van der Waals surface area contributed by atoms with Crippen LogP contribution in [0.15, 0.2) is 24.3 Å². The second-order valence-electron chi connectivity index (χ2n) is 5.84. The summed E-state index contributed by atoms with van der Waals surface area (Å²) in [5.41, 5.74) is 11.1. The zero-order valence-electron chi connectivity index (χ0n) is 15.5. The quantitative estimate of drug-likeness (QED) is 0.315. The van der Waals surface area contributed by atoms with Gasteiger partial charge in [-0.2, -0.15) is 0 Å². The molecule has 1 aromatic carbocycles. The predicted octanol–water partition coefficient (Wildman–Crippen LogP) is -1.18. The van der Waals surface area contributed by atoms with Crippen molar-refractivity contribution in [2.45, 2.75) is 38.4 Å². The van der Waals surface area contributed by atoms with E-state index in [1.54, 1.807) is 6.07 Å². The molecule has 3 atom stereocenters. The van der Waals surface area contributed by atoms with E-state index < -0.39 is 47.7 Å². The smallest absolute Gasteiger partial charge is 0.325 e. The lowest BCUT2D eigenvalue weighted by Gasteiger charge is -2.14. The van der Waals surface area contributed by atoms with Crippen molar-refractivity contribution in [2.24, 2.45) is 11.5 Å². The van der Waals surface area contributed by atoms with Crippen LogP contribution in [0, 0.1) is 5.82 Å². The van der Waals surface area contributed by atoms with E-state index in [1.807, 2.05) is 0 Å². The number of carbonyl (C=O) groups is 4. The van der Waals surface area contributed by atoms with Crippen molar-refractivity contribution in [2.75, 3.05) is 6.54 Å². The van der Waals surface area contributed by atoms with Crippen LogP contribution < -0.4 is 22.1 Å². The van der Waals surface area contributed by atoms with E-state index in [0.717, 1.165) is 0 Å². The average Bonchev–Trinajstić information content (AvgIpc) is 2.61. The summed E-state index contributed by atoms with van der Waals surface area (Å²) < 4.78 is 12.9. The molecule has 2 amide bonds. The molecular formula is C17H25FN4O6. The van der Waals surface area contributed by atoms with Crippen molar-refractivity contribution >= 4 is 23.8 Å². The number of nitrogens with one attached hydrogen (secondary N) is 2. The Hall–Kier alpha value is -3.05. The van der Waals surface area contributed by atoms with Gasteiger partial charge in [0, 0.05) is 0 Å². The minimum atomic E-state index is -1.14. The third kappa shape index (κ3) is 10.2. The van der Waals surface area contributed by atoms with E-state index in [9.17, 15) is 23.6 Å². The number of carboxylic acid groups (broad SMARTS) is 2. The van der Waals surface area contributed by atoms with Crippen molar-refractivity contribution < 1.29 is 33.8 Å². The van der Waals surface area contributed by atoms with Gasteiger partial charge in [-0.25, -0.2) is 4.39 Å². The lowest BCUT2D eigenvalue weighted by atomic mass is 10.1. The number of benzene rings is 1. The monoisotopic (exact) mass is 400 g/mol. The minimum Gasteiger partial charge on any atom is -0.480 e. The summed E-state index contributed by atoms with van der Waals surface area (Å²) in [4.78, 5) is 42.6. The number of hydrogen-bond donors (Lipinski definition) is 6. The first-order valence-corrected chi connectivity index (χ1v) is 8.23. The Kier molecular flexibility index (Phi) is 11.0. The molecule has 0 aromatic heterocycles. The van der Waals surface area contributed by atoms with Crippen molar-refractivity contribution in [1.82, 2.24) is 10.6 Å². The van der Waals surface area contributed by atoms with Crippen LogP contribution in [0.3, 0.4) is 0 Å². The fourth-order valence-electron chi connectivity index (χ4n) is 1.75. The zero-order chi connectivity index (χ0) is 21.9. The van der Waals surface area contributed by atoms with Gasteiger partial charge in [-0.1, -0.05) is 12.1 Å². The maximum Gasteiger partial charge on any atom is 0.325 e. The number of carboxylic acids is 2. The van der Waals surface area contributed by atoms with Gasteiger partial charge >= 0.3 is 11.9 Å². The molecule has 10 nitrogen and oxygen atoms in total. The topological polar surface area (TPSA) is 185 Å². The molecule has 0 bridgehead atoms. The Morgan fingerprint density at radius 3 is 2.07 bits per heavy atom. The van der Waals surface area contributed by atoms with E-state index in [-0.39, 0.29) is 13.0 Å². The molecule has 0 unspecified atom stereocenters. The molecule has 0 fully saturated rings. The van der Waals surface area contributed by atoms with E-state index >= 15 is 0 Å². The molecule has 0 radical (unpaired) electrons. The predicted molar refractivity (Wildman–Crippen MR) is 97.6 cm³/mol. The Bertz CT molecular complexity index is 700. The van der Waals surface area contributed by atoms with Gasteiger partial charge in [-0.05, 0) is 38.0 Å². The number of carbonyl (C=O) groups excluding carboxylic acids is 2. The molecule has 0 heterocycles. The molecule has 0 aliphatic carbocycles. The molecule has 156 valence electrons. The van der Waals surface area contributed by atoms with Gasteiger partial charge in [0.15, 0.2) is 0 Å². The van der Waals surface area contributed by atoms with Crippen LogP contribution in [0.5, 0.6) is 0 Å². The molecule has 0 aliphatic rings. The Morgan fingerprint density at radius 1 is 1.07 bits per heavy atom. The molecule has 1 rings (SSSR count). The van der Waals surface area contributed by atoms with Gasteiger partial charge in [0.25, 0.3) is 0 Å². The standard InChI is InChI=1S/C12H15FN2O3.C5H10N2O3/c1-7(12(17)18)15-11(16)10(14)6-8-3-2-4-9(13)5-8;1-3(5(9)10)7-4(8)2-6/h2-5,7,10H,6,14H2,1H3,(H,15,16)(H,17,18);3H,2,6H2,1H3,(H,7,8)(H,9,10)/t7-,10-;3-/m00/s1. The SMILES string of the molecule is C[C@H](NC(=O)CN)C(=O)O.C[C@H](NC(=O)[C@@H](N)Cc1cccc(F)c1)C(=O)O. The van der Waals surface area contributed by atoms with Crippen LogP contribution in [-0.2, 0) is 25.6 Å². The summed E-state index contributed by atoms with van der Waals surface area (Å²) in [6.07, 6.45) is 0.149. The van der Waals surface area contributed by atoms with Crippen LogP contribution in [-0.4, -0.2) is 58.6 Å². The summed E-state index contributed by atoms with van der Waals surface area (Å²) in [5, 5.41) is 21.3. The highest BCUT2D eigenvalue weighted by atomic mass is 19.1. The summed E-state index contributed by atoms with van der Waals surface area (Å²) >= 11 is 0. The number of rotatable bonds is 8. The van der Waals surface area contributed by atoms with E-state index in [4.69, 9.17) is 21.7 Å². The van der Waals surface area contributed by atoms with Gasteiger partial charge in [-0.3, -0.25) is 19.2 Å². The number of halogens is 1. The van der Waals surface area contributed by atoms with Crippen LogP contribution >= 0.6 is 0 Å². The largest absolute Gasteiger partial charge is 0.480 e. The van der Waals surface area contributed by atoms with Crippen molar-refractivity contribution in [1.29, 1.82) is 0 Å². The van der Waals surface area contributed by atoms with Gasteiger partial charge in [0.2, 0.25) is 11.8 Å². The van der Waals surface area contributed by atoms with Gasteiger partial charge in [0.1, 0.15) is 17.9 Å². The van der Waals surface area contributed by atoms with Crippen LogP contribution in [0.25, 0.3) is 0 Å². The maximum absolute atomic E-state index is 12.9. The first-order valence-electron chi connectivity index (χ1n) is 8.23. The van der Waals surface area contributed by atoms with E-state index in [2.05, 4.69) is 10.6 Å². The van der Waals surface area contributed by atoms with Crippen molar-refractivity contribution in [3.63, 3.8) is 0 Å². The zero-order valence-corrected chi connectivity index (χ0v) is 15.5.